The molecule has 0 bridgehead atoms. The first-order chi connectivity index (χ1) is 9.30. The summed E-state index contributed by atoms with van der Waals surface area (Å²) in [6.07, 6.45) is -4.18. The van der Waals surface area contributed by atoms with Crippen LogP contribution in [0.15, 0.2) is 12.4 Å². The molecule has 1 atom stereocenters. The first kappa shape index (κ1) is 14.4. The van der Waals surface area contributed by atoms with Crippen LogP contribution in [0.1, 0.15) is 6.42 Å². The van der Waals surface area contributed by atoms with E-state index in [0.29, 0.717) is 0 Å². The number of hydrogen-bond acceptors (Lipinski definition) is 5. The van der Waals surface area contributed by atoms with Crippen molar-refractivity contribution < 1.29 is 27.8 Å². The number of anilines is 1. The third-order valence-electron chi connectivity index (χ3n) is 3.38. The quantitative estimate of drug-likeness (QED) is 0.905. The van der Waals surface area contributed by atoms with Gasteiger partial charge in [0.1, 0.15) is 12.1 Å². The van der Waals surface area contributed by atoms with E-state index < -0.39 is 30.5 Å². The fraction of sp³-hybridized carbons (Fsp3) is 0.545. The van der Waals surface area contributed by atoms with Gasteiger partial charge in [0.05, 0.1) is 7.11 Å². The number of halogens is 3. The number of carboxylic acid groups (broad SMARTS) is 1. The normalized spacial score (nSPS) is 22.9. The molecule has 20 heavy (non-hydrogen) atoms. The number of hydrogen-bond donors (Lipinski definition) is 1. The molecule has 1 saturated heterocycles. The maximum atomic E-state index is 13.0. The predicted octanol–water partition coefficient (Wildman–Crippen LogP) is 1.33. The lowest BCUT2D eigenvalue weighted by atomic mass is 9.86. The van der Waals surface area contributed by atoms with E-state index >= 15 is 0 Å². The highest BCUT2D eigenvalue weighted by molar-refractivity contribution is 5.77. The Morgan fingerprint density at radius 2 is 2.20 bits per heavy atom. The molecule has 9 heteroatoms. The maximum Gasteiger partial charge on any atom is 0.406 e. The molecule has 2 rings (SSSR count). The molecule has 1 aromatic rings. The van der Waals surface area contributed by atoms with Gasteiger partial charge in [0, 0.05) is 19.2 Å². The van der Waals surface area contributed by atoms with Crippen molar-refractivity contribution in [3.05, 3.63) is 12.4 Å². The number of ether oxygens (including phenoxy) is 1. The molecule has 0 radical (unpaired) electrons. The van der Waals surface area contributed by atoms with Gasteiger partial charge in [-0.2, -0.15) is 13.2 Å². The van der Waals surface area contributed by atoms with Crippen molar-refractivity contribution in [1.29, 1.82) is 0 Å². The molecule has 1 N–H and O–H groups in total. The number of aromatic nitrogens is 2. The number of alkyl halides is 3. The number of carbonyl (C=O) groups is 1. The van der Waals surface area contributed by atoms with Crippen molar-refractivity contribution in [2.75, 3.05) is 25.1 Å². The molecule has 0 amide bonds. The van der Waals surface area contributed by atoms with Gasteiger partial charge in [-0.1, -0.05) is 0 Å². The van der Waals surface area contributed by atoms with Gasteiger partial charge in [-0.05, 0) is 6.42 Å². The van der Waals surface area contributed by atoms with Crippen molar-refractivity contribution >= 4 is 11.8 Å². The molecular weight excluding hydrogens is 279 g/mol. The fourth-order valence-corrected chi connectivity index (χ4v) is 2.15. The molecule has 0 aliphatic carbocycles. The monoisotopic (exact) mass is 291 g/mol. The van der Waals surface area contributed by atoms with E-state index in [1.54, 1.807) is 0 Å². The molecule has 1 unspecified atom stereocenters. The van der Waals surface area contributed by atoms with Gasteiger partial charge < -0.3 is 14.7 Å². The van der Waals surface area contributed by atoms with Crippen molar-refractivity contribution in [1.82, 2.24) is 9.97 Å². The average molecular weight is 291 g/mol. The second kappa shape index (κ2) is 4.80. The zero-order valence-electron chi connectivity index (χ0n) is 10.5. The lowest BCUT2D eigenvalue weighted by molar-refractivity contribution is -0.225. The van der Waals surface area contributed by atoms with E-state index in [0.717, 1.165) is 6.33 Å². The zero-order chi connectivity index (χ0) is 15.0. The molecule has 1 aliphatic rings. The summed E-state index contributed by atoms with van der Waals surface area (Å²) in [5.74, 6) is -1.45. The van der Waals surface area contributed by atoms with Gasteiger partial charge in [0.2, 0.25) is 5.88 Å². The molecular formula is C11H12F3N3O3. The zero-order valence-corrected chi connectivity index (χ0v) is 10.5. The molecule has 0 aromatic carbocycles. The lowest BCUT2D eigenvalue weighted by Gasteiger charge is -2.27. The minimum atomic E-state index is -4.81. The van der Waals surface area contributed by atoms with Gasteiger partial charge in [-0.15, -0.1) is 0 Å². The van der Waals surface area contributed by atoms with E-state index in [4.69, 9.17) is 9.84 Å². The molecule has 1 fully saturated rings. The highest BCUT2D eigenvalue weighted by Gasteiger charge is 2.63. The highest BCUT2D eigenvalue weighted by Crippen LogP contribution is 2.46. The average Bonchev–Trinajstić information content (AvgIpc) is 2.85. The Labute approximate surface area is 112 Å². The van der Waals surface area contributed by atoms with Gasteiger partial charge in [-0.25, -0.2) is 9.97 Å². The fourth-order valence-electron chi connectivity index (χ4n) is 2.15. The predicted molar refractivity (Wildman–Crippen MR) is 61.5 cm³/mol. The summed E-state index contributed by atoms with van der Waals surface area (Å²) in [6, 6.07) is 1.37. The minimum absolute atomic E-state index is 0.0496. The Morgan fingerprint density at radius 3 is 2.70 bits per heavy atom. The molecule has 1 aliphatic heterocycles. The Hall–Kier alpha value is -2.06. The van der Waals surface area contributed by atoms with E-state index in [2.05, 4.69) is 9.97 Å². The first-order valence-electron chi connectivity index (χ1n) is 5.71. The van der Waals surface area contributed by atoms with E-state index in [1.165, 1.54) is 18.1 Å². The molecule has 0 saturated carbocycles. The topological polar surface area (TPSA) is 75.5 Å². The second-order valence-electron chi connectivity index (χ2n) is 4.48. The molecule has 6 nitrogen and oxygen atoms in total. The lowest BCUT2D eigenvalue weighted by Crippen LogP contribution is -2.47. The van der Waals surface area contributed by atoms with E-state index in [-0.39, 0.29) is 18.2 Å². The third kappa shape index (κ3) is 2.23. The van der Waals surface area contributed by atoms with Gasteiger partial charge in [0.25, 0.3) is 0 Å². The van der Waals surface area contributed by atoms with Crippen LogP contribution in [0, 0.1) is 5.41 Å². The smallest absolute Gasteiger partial charge is 0.406 e. The SMILES string of the molecule is COc1cc(N2CCC(C(=O)O)(C(F)(F)F)C2)ncn1. The Kier molecular flexibility index (Phi) is 3.45. The summed E-state index contributed by atoms with van der Waals surface area (Å²) in [5, 5.41) is 8.96. The summed E-state index contributed by atoms with van der Waals surface area (Å²) in [7, 11) is 1.37. The van der Waals surface area contributed by atoms with E-state index in [1.807, 2.05) is 0 Å². The van der Waals surface area contributed by atoms with E-state index in [9.17, 15) is 18.0 Å². The Balaban J connectivity index is 2.29. The van der Waals surface area contributed by atoms with Gasteiger partial charge >= 0.3 is 12.1 Å². The number of aliphatic carboxylic acids is 1. The summed E-state index contributed by atoms with van der Waals surface area (Å²) in [4.78, 5) is 19.9. The van der Waals surface area contributed by atoms with Crippen molar-refractivity contribution in [2.45, 2.75) is 12.6 Å². The second-order valence-corrected chi connectivity index (χ2v) is 4.48. The largest absolute Gasteiger partial charge is 0.481 e. The summed E-state index contributed by atoms with van der Waals surface area (Å²) in [5.41, 5.74) is -2.76. The Bertz CT molecular complexity index is 523. The molecule has 0 spiro atoms. The van der Waals surface area contributed by atoms with Crippen LogP contribution in [0.25, 0.3) is 0 Å². The van der Waals surface area contributed by atoms with Crippen LogP contribution < -0.4 is 9.64 Å². The molecule has 2 heterocycles. The summed E-state index contributed by atoms with van der Waals surface area (Å²) < 4.78 is 44.0. The van der Waals surface area contributed by atoms with Crippen molar-refractivity contribution in [3.8, 4) is 5.88 Å². The molecule has 110 valence electrons. The number of rotatable bonds is 3. The molecule has 1 aromatic heterocycles. The highest BCUT2D eigenvalue weighted by atomic mass is 19.4. The van der Waals surface area contributed by atoms with Gasteiger partial charge in [0.15, 0.2) is 5.41 Å². The third-order valence-corrected chi connectivity index (χ3v) is 3.38. The van der Waals surface area contributed by atoms with Crippen molar-refractivity contribution in [3.63, 3.8) is 0 Å². The minimum Gasteiger partial charge on any atom is -0.481 e. The maximum absolute atomic E-state index is 13.0. The number of methoxy groups -OCH3 is 1. The first-order valence-corrected chi connectivity index (χ1v) is 5.71. The standard InChI is InChI=1S/C11H12F3N3O3/c1-20-8-4-7(15-6-16-8)17-3-2-10(5-17,9(18)19)11(12,13)14/h4,6H,2-3,5H2,1H3,(H,18,19). The van der Waals surface area contributed by atoms with Crippen LogP contribution in [-0.2, 0) is 4.79 Å². The van der Waals surface area contributed by atoms with Crippen LogP contribution >= 0.6 is 0 Å². The summed E-state index contributed by atoms with van der Waals surface area (Å²) in [6.45, 7) is -0.724. The number of carboxylic acids is 1. The summed E-state index contributed by atoms with van der Waals surface area (Å²) >= 11 is 0. The van der Waals surface area contributed by atoms with Crippen LogP contribution in [-0.4, -0.2) is 47.4 Å². The van der Waals surface area contributed by atoms with Crippen molar-refractivity contribution in [2.24, 2.45) is 5.41 Å². The Morgan fingerprint density at radius 1 is 1.50 bits per heavy atom. The van der Waals surface area contributed by atoms with Gasteiger partial charge in [-0.3, -0.25) is 4.79 Å². The van der Waals surface area contributed by atoms with Crippen LogP contribution in [0.2, 0.25) is 0 Å². The van der Waals surface area contributed by atoms with Crippen LogP contribution in [0.3, 0.4) is 0 Å². The number of nitrogens with zero attached hydrogens (tertiary/aromatic N) is 3. The van der Waals surface area contributed by atoms with Crippen LogP contribution in [0.5, 0.6) is 5.88 Å². The van der Waals surface area contributed by atoms with Crippen LogP contribution in [0.4, 0.5) is 19.0 Å².